The number of oxime groups is 1. The molecule has 2 aliphatic heterocycles. The SMILES string of the molecule is CC(C)c1ccccc1C1=NO[C@H](C(=O)N2C(=O)OC(C)(C)[C@@H]2Cc2ccccc2)C1. The number of carbonyl (C=O) groups excluding carboxylic acids is 2. The second-order valence-corrected chi connectivity index (χ2v) is 8.96. The fourth-order valence-corrected chi connectivity index (χ4v) is 4.29. The number of nitrogens with zero attached hydrogens (tertiary/aromatic N) is 2. The lowest BCUT2D eigenvalue weighted by molar-refractivity contribution is -0.140. The Balaban J connectivity index is 1.54. The molecule has 2 atom stereocenters. The van der Waals surface area contributed by atoms with Gasteiger partial charge in [-0.15, -0.1) is 0 Å². The number of ether oxygens (including phenoxy) is 1. The standard InChI is InChI=1S/C25H28N2O4/c1-16(2)18-12-8-9-13-19(18)20-15-21(31-26-20)23(28)27-22(25(3,4)30-24(27)29)14-17-10-6-5-7-11-17/h5-13,16,21-22H,14-15H2,1-4H3/t21-,22-/m0/s1. The molecular weight excluding hydrogens is 392 g/mol. The maximum absolute atomic E-state index is 13.4. The molecule has 0 aliphatic carbocycles. The summed E-state index contributed by atoms with van der Waals surface area (Å²) in [6.07, 6.45) is -0.627. The number of rotatable bonds is 5. The fourth-order valence-electron chi connectivity index (χ4n) is 4.29. The molecule has 31 heavy (non-hydrogen) atoms. The predicted octanol–water partition coefficient (Wildman–Crippen LogP) is 4.67. The maximum Gasteiger partial charge on any atom is 0.417 e. The molecule has 0 spiro atoms. The van der Waals surface area contributed by atoms with Gasteiger partial charge in [0, 0.05) is 12.0 Å². The van der Waals surface area contributed by atoms with E-state index >= 15 is 0 Å². The topological polar surface area (TPSA) is 68.2 Å². The Hall–Kier alpha value is -3.15. The van der Waals surface area contributed by atoms with E-state index in [1.165, 1.54) is 4.90 Å². The van der Waals surface area contributed by atoms with Gasteiger partial charge in [0.25, 0.3) is 5.91 Å². The van der Waals surface area contributed by atoms with E-state index in [4.69, 9.17) is 9.57 Å². The first kappa shape index (κ1) is 21.1. The second-order valence-electron chi connectivity index (χ2n) is 8.96. The largest absolute Gasteiger partial charge is 0.441 e. The first-order valence-electron chi connectivity index (χ1n) is 10.7. The van der Waals surface area contributed by atoms with Crippen molar-refractivity contribution in [3.05, 3.63) is 71.3 Å². The van der Waals surface area contributed by atoms with E-state index in [0.717, 1.165) is 22.4 Å². The number of hydrogen-bond acceptors (Lipinski definition) is 5. The van der Waals surface area contributed by atoms with Gasteiger partial charge in [0.05, 0.1) is 11.8 Å². The van der Waals surface area contributed by atoms with Gasteiger partial charge in [-0.1, -0.05) is 73.6 Å². The highest BCUT2D eigenvalue weighted by Gasteiger charge is 2.52. The molecule has 0 bridgehead atoms. The van der Waals surface area contributed by atoms with Crippen molar-refractivity contribution in [3.63, 3.8) is 0 Å². The smallest absolute Gasteiger partial charge is 0.417 e. The summed E-state index contributed by atoms with van der Waals surface area (Å²) < 4.78 is 5.56. The van der Waals surface area contributed by atoms with Crippen LogP contribution in [0.3, 0.4) is 0 Å². The molecule has 6 heteroatoms. The van der Waals surface area contributed by atoms with E-state index in [0.29, 0.717) is 18.8 Å². The molecule has 4 rings (SSSR count). The second kappa shape index (κ2) is 8.17. The molecule has 0 saturated carbocycles. The number of amides is 2. The van der Waals surface area contributed by atoms with E-state index in [2.05, 4.69) is 25.1 Å². The first-order valence-corrected chi connectivity index (χ1v) is 10.7. The molecule has 2 aromatic carbocycles. The van der Waals surface area contributed by atoms with Crippen molar-refractivity contribution in [2.45, 2.75) is 64.2 Å². The zero-order valence-electron chi connectivity index (χ0n) is 18.4. The average Bonchev–Trinajstić information content (AvgIpc) is 3.31. The molecule has 1 fully saturated rings. The molecule has 162 valence electrons. The van der Waals surface area contributed by atoms with Crippen molar-refractivity contribution in [2.75, 3.05) is 0 Å². The molecular formula is C25H28N2O4. The van der Waals surface area contributed by atoms with Gasteiger partial charge in [0.2, 0.25) is 6.10 Å². The highest BCUT2D eigenvalue weighted by Crippen LogP contribution is 2.34. The predicted molar refractivity (Wildman–Crippen MR) is 118 cm³/mol. The van der Waals surface area contributed by atoms with Crippen LogP contribution in [0.1, 0.15) is 56.7 Å². The third-order valence-electron chi connectivity index (χ3n) is 6.01. The lowest BCUT2D eigenvalue weighted by Crippen LogP contribution is -2.49. The van der Waals surface area contributed by atoms with Crippen LogP contribution in [0.15, 0.2) is 59.8 Å². The van der Waals surface area contributed by atoms with E-state index in [9.17, 15) is 9.59 Å². The molecule has 2 amide bonds. The molecule has 2 aliphatic rings. The Morgan fingerprint density at radius 2 is 1.81 bits per heavy atom. The van der Waals surface area contributed by atoms with Crippen LogP contribution in [-0.2, 0) is 20.8 Å². The fraction of sp³-hybridized carbons (Fsp3) is 0.400. The van der Waals surface area contributed by atoms with Crippen molar-refractivity contribution < 1.29 is 19.2 Å². The summed E-state index contributed by atoms with van der Waals surface area (Å²) in [7, 11) is 0. The summed E-state index contributed by atoms with van der Waals surface area (Å²) in [5, 5.41) is 4.21. The minimum atomic E-state index is -0.838. The van der Waals surface area contributed by atoms with Crippen molar-refractivity contribution in [3.8, 4) is 0 Å². The Kier molecular flexibility index (Phi) is 5.56. The van der Waals surface area contributed by atoms with Crippen LogP contribution in [0, 0.1) is 0 Å². The number of cyclic esters (lactones) is 1. The summed E-state index contributed by atoms with van der Waals surface area (Å²) in [6.45, 7) is 7.91. The highest BCUT2D eigenvalue weighted by atomic mass is 16.6. The van der Waals surface area contributed by atoms with Gasteiger partial charge >= 0.3 is 6.09 Å². The van der Waals surface area contributed by atoms with Crippen LogP contribution in [0.4, 0.5) is 4.79 Å². The highest BCUT2D eigenvalue weighted by molar-refractivity contribution is 6.07. The minimum absolute atomic E-state index is 0.318. The Morgan fingerprint density at radius 1 is 1.13 bits per heavy atom. The molecule has 6 nitrogen and oxygen atoms in total. The average molecular weight is 421 g/mol. The van der Waals surface area contributed by atoms with Crippen LogP contribution in [0.5, 0.6) is 0 Å². The Bertz CT molecular complexity index is 1010. The van der Waals surface area contributed by atoms with Gasteiger partial charge in [-0.2, -0.15) is 0 Å². The molecule has 2 heterocycles. The van der Waals surface area contributed by atoms with Crippen LogP contribution < -0.4 is 0 Å². The quantitative estimate of drug-likeness (QED) is 0.705. The van der Waals surface area contributed by atoms with Gasteiger partial charge in [-0.25, -0.2) is 9.69 Å². The van der Waals surface area contributed by atoms with E-state index in [1.807, 2.05) is 62.4 Å². The molecule has 0 radical (unpaired) electrons. The lowest BCUT2D eigenvalue weighted by atomic mass is 9.91. The van der Waals surface area contributed by atoms with Crippen molar-refractivity contribution in [1.82, 2.24) is 4.90 Å². The van der Waals surface area contributed by atoms with Crippen molar-refractivity contribution >= 4 is 17.7 Å². The monoisotopic (exact) mass is 420 g/mol. The van der Waals surface area contributed by atoms with Gasteiger partial charge in [-0.05, 0) is 37.3 Å². The summed E-state index contributed by atoms with van der Waals surface area (Å²) in [4.78, 5) is 32.8. The van der Waals surface area contributed by atoms with Gasteiger partial charge < -0.3 is 9.57 Å². The first-order chi connectivity index (χ1) is 14.8. The zero-order chi connectivity index (χ0) is 22.2. The molecule has 0 aromatic heterocycles. The number of imide groups is 1. The number of carbonyl (C=O) groups is 2. The van der Waals surface area contributed by atoms with E-state index in [1.54, 1.807) is 0 Å². The van der Waals surface area contributed by atoms with Gasteiger partial charge in [0.1, 0.15) is 5.60 Å². The molecule has 2 aromatic rings. The van der Waals surface area contributed by atoms with Crippen LogP contribution in [0.25, 0.3) is 0 Å². The molecule has 1 saturated heterocycles. The Morgan fingerprint density at radius 3 is 2.52 bits per heavy atom. The van der Waals surface area contributed by atoms with Crippen molar-refractivity contribution in [2.24, 2.45) is 5.16 Å². The van der Waals surface area contributed by atoms with Crippen LogP contribution >= 0.6 is 0 Å². The Labute approximate surface area is 182 Å². The summed E-state index contributed by atoms with van der Waals surface area (Å²) in [5.41, 5.74) is 3.11. The number of benzene rings is 2. The minimum Gasteiger partial charge on any atom is -0.441 e. The third-order valence-corrected chi connectivity index (χ3v) is 6.01. The van der Waals surface area contributed by atoms with Gasteiger partial charge in [-0.3, -0.25) is 4.79 Å². The molecule has 0 unspecified atom stereocenters. The number of hydrogen-bond donors (Lipinski definition) is 0. The van der Waals surface area contributed by atoms with E-state index < -0.39 is 29.7 Å². The third kappa shape index (κ3) is 4.07. The summed E-state index contributed by atoms with van der Waals surface area (Å²) in [6, 6.07) is 17.4. The summed E-state index contributed by atoms with van der Waals surface area (Å²) in [5.74, 6) is -0.0875. The van der Waals surface area contributed by atoms with Crippen LogP contribution in [0.2, 0.25) is 0 Å². The van der Waals surface area contributed by atoms with Crippen molar-refractivity contribution in [1.29, 1.82) is 0 Å². The maximum atomic E-state index is 13.4. The lowest BCUT2D eigenvalue weighted by Gasteiger charge is -2.28. The van der Waals surface area contributed by atoms with Crippen LogP contribution in [-0.4, -0.2) is 40.4 Å². The van der Waals surface area contributed by atoms with Gasteiger partial charge in [0.15, 0.2) is 0 Å². The summed E-state index contributed by atoms with van der Waals surface area (Å²) >= 11 is 0. The van der Waals surface area contributed by atoms with E-state index in [-0.39, 0.29) is 0 Å². The zero-order valence-corrected chi connectivity index (χ0v) is 18.4. The normalized spacial score (nSPS) is 22.3. The molecule has 0 N–H and O–H groups in total.